The zero-order valence-electron chi connectivity index (χ0n) is 12.6. The Bertz CT molecular complexity index is 775. The predicted molar refractivity (Wildman–Crippen MR) is 77.0 cm³/mol. The number of aromatic nitrogens is 2. The van der Waals surface area contributed by atoms with Gasteiger partial charge in [0.15, 0.2) is 11.5 Å². The number of halogens is 2. The molecule has 0 N–H and O–H groups in total. The number of ether oxygens (including phenoxy) is 2. The standard InChI is InChI=1S/C15H13F2N3O3/c1-8-7-9(2)19-14(18-8)20(10(3)21)11-5-4-6-12-13(11)23-15(16,17)22-12/h4-7H,1-3H3. The molecule has 0 bridgehead atoms. The molecule has 0 unspecified atom stereocenters. The normalized spacial score (nSPS) is 14.7. The largest absolute Gasteiger partial charge is 0.586 e. The van der Waals surface area contributed by atoms with Gasteiger partial charge in [0.2, 0.25) is 11.9 Å². The summed E-state index contributed by atoms with van der Waals surface area (Å²) in [5.74, 6) is -0.733. The molecule has 1 aromatic heterocycles. The number of hydrogen-bond acceptors (Lipinski definition) is 5. The number of aryl methyl sites for hydroxylation is 2. The summed E-state index contributed by atoms with van der Waals surface area (Å²) in [6.45, 7) is 4.79. The Morgan fingerprint density at radius 2 is 1.83 bits per heavy atom. The zero-order valence-corrected chi connectivity index (χ0v) is 12.6. The maximum atomic E-state index is 13.3. The van der Waals surface area contributed by atoms with E-state index >= 15 is 0 Å². The summed E-state index contributed by atoms with van der Waals surface area (Å²) in [6.07, 6.45) is -3.77. The van der Waals surface area contributed by atoms with E-state index in [-0.39, 0.29) is 23.1 Å². The summed E-state index contributed by atoms with van der Waals surface area (Å²) in [6, 6.07) is 6.02. The van der Waals surface area contributed by atoms with Gasteiger partial charge in [-0.25, -0.2) is 14.9 Å². The monoisotopic (exact) mass is 321 g/mol. The van der Waals surface area contributed by atoms with E-state index in [9.17, 15) is 13.6 Å². The highest BCUT2D eigenvalue weighted by molar-refractivity contribution is 5.99. The van der Waals surface area contributed by atoms with E-state index in [0.29, 0.717) is 11.4 Å². The molecule has 1 aliphatic heterocycles. The van der Waals surface area contributed by atoms with Gasteiger partial charge in [-0.1, -0.05) is 6.07 Å². The molecule has 6 nitrogen and oxygen atoms in total. The highest BCUT2D eigenvalue weighted by Gasteiger charge is 2.45. The number of carbonyl (C=O) groups excluding carboxylic acids is 1. The second-order valence-corrected chi connectivity index (χ2v) is 5.08. The van der Waals surface area contributed by atoms with Gasteiger partial charge < -0.3 is 9.47 Å². The number of alkyl halides is 2. The first kappa shape index (κ1) is 15.1. The van der Waals surface area contributed by atoms with Gasteiger partial charge in [0.1, 0.15) is 0 Å². The van der Waals surface area contributed by atoms with E-state index in [2.05, 4.69) is 19.4 Å². The quantitative estimate of drug-likeness (QED) is 0.850. The fourth-order valence-electron chi connectivity index (χ4n) is 2.36. The average Bonchev–Trinajstić information content (AvgIpc) is 2.72. The van der Waals surface area contributed by atoms with Crippen LogP contribution in [0.1, 0.15) is 18.3 Å². The van der Waals surface area contributed by atoms with Crippen molar-refractivity contribution in [2.75, 3.05) is 4.90 Å². The summed E-state index contributed by atoms with van der Waals surface area (Å²) in [5.41, 5.74) is 1.39. The minimum absolute atomic E-state index is 0.0854. The lowest BCUT2D eigenvalue weighted by Crippen LogP contribution is -2.28. The number of anilines is 2. The molecule has 2 heterocycles. The molecular formula is C15H13F2N3O3. The van der Waals surface area contributed by atoms with E-state index in [4.69, 9.17) is 0 Å². The summed E-state index contributed by atoms with van der Waals surface area (Å²) in [4.78, 5) is 21.6. The Kier molecular flexibility index (Phi) is 3.39. The van der Waals surface area contributed by atoms with Crippen LogP contribution in [0, 0.1) is 13.8 Å². The van der Waals surface area contributed by atoms with Crippen molar-refractivity contribution >= 4 is 17.5 Å². The molecule has 23 heavy (non-hydrogen) atoms. The molecule has 0 radical (unpaired) electrons. The number of benzene rings is 1. The highest BCUT2D eigenvalue weighted by Crippen LogP contribution is 2.48. The minimum Gasteiger partial charge on any atom is -0.395 e. The lowest BCUT2D eigenvalue weighted by atomic mass is 10.2. The van der Waals surface area contributed by atoms with Gasteiger partial charge in [0, 0.05) is 18.3 Å². The summed E-state index contributed by atoms with van der Waals surface area (Å²) >= 11 is 0. The zero-order chi connectivity index (χ0) is 16.8. The number of nitrogens with zero attached hydrogens (tertiary/aromatic N) is 3. The maximum absolute atomic E-state index is 13.3. The van der Waals surface area contributed by atoms with Crippen molar-refractivity contribution in [1.29, 1.82) is 0 Å². The number of amides is 1. The molecule has 0 spiro atoms. The van der Waals surface area contributed by atoms with Crippen LogP contribution in [0.3, 0.4) is 0 Å². The second-order valence-electron chi connectivity index (χ2n) is 5.08. The fourth-order valence-corrected chi connectivity index (χ4v) is 2.36. The highest BCUT2D eigenvalue weighted by atomic mass is 19.3. The topological polar surface area (TPSA) is 64.6 Å². The fraction of sp³-hybridized carbons (Fsp3) is 0.267. The summed E-state index contributed by atoms with van der Waals surface area (Å²) in [5, 5.41) is 0. The van der Waals surface area contributed by atoms with Crippen molar-refractivity contribution in [3.05, 3.63) is 35.7 Å². The Labute approximate surface area is 130 Å². The molecule has 120 valence electrons. The van der Waals surface area contributed by atoms with Crippen molar-refractivity contribution in [2.45, 2.75) is 27.1 Å². The molecule has 0 saturated heterocycles. The Hall–Kier alpha value is -2.77. The van der Waals surface area contributed by atoms with E-state index in [1.165, 1.54) is 25.1 Å². The van der Waals surface area contributed by atoms with Gasteiger partial charge in [-0.15, -0.1) is 8.78 Å². The first-order valence-electron chi connectivity index (χ1n) is 6.79. The van der Waals surface area contributed by atoms with Gasteiger partial charge in [-0.3, -0.25) is 4.79 Å². The van der Waals surface area contributed by atoms with E-state index in [1.54, 1.807) is 19.9 Å². The van der Waals surface area contributed by atoms with Crippen molar-refractivity contribution < 1.29 is 23.0 Å². The number of fused-ring (bicyclic) bond motifs is 1. The molecule has 1 amide bonds. The van der Waals surface area contributed by atoms with Gasteiger partial charge in [0.25, 0.3) is 0 Å². The third-order valence-corrected chi connectivity index (χ3v) is 3.13. The maximum Gasteiger partial charge on any atom is 0.586 e. The Morgan fingerprint density at radius 3 is 2.43 bits per heavy atom. The van der Waals surface area contributed by atoms with Crippen molar-refractivity contribution in [3.63, 3.8) is 0 Å². The summed E-state index contributed by atoms with van der Waals surface area (Å²) < 4.78 is 35.6. The first-order chi connectivity index (χ1) is 10.8. The van der Waals surface area contributed by atoms with E-state index in [0.717, 1.165) is 4.90 Å². The number of carbonyl (C=O) groups is 1. The first-order valence-corrected chi connectivity index (χ1v) is 6.79. The van der Waals surface area contributed by atoms with Gasteiger partial charge >= 0.3 is 6.29 Å². The third kappa shape index (κ3) is 2.79. The molecule has 2 aromatic rings. The van der Waals surface area contributed by atoms with Gasteiger partial charge in [0.05, 0.1) is 5.69 Å². The van der Waals surface area contributed by atoms with Gasteiger partial charge in [-0.2, -0.15) is 0 Å². The van der Waals surface area contributed by atoms with E-state index < -0.39 is 12.2 Å². The molecule has 0 fully saturated rings. The van der Waals surface area contributed by atoms with Crippen LogP contribution in [-0.4, -0.2) is 22.2 Å². The molecule has 1 aromatic carbocycles. The lowest BCUT2D eigenvalue weighted by Gasteiger charge is -2.21. The average molecular weight is 321 g/mol. The van der Waals surface area contributed by atoms with Crippen LogP contribution in [0.15, 0.2) is 24.3 Å². The van der Waals surface area contributed by atoms with Crippen LogP contribution >= 0.6 is 0 Å². The predicted octanol–water partition coefficient (Wildman–Crippen LogP) is 3.10. The van der Waals surface area contributed by atoms with Crippen LogP contribution < -0.4 is 14.4 Å². The number of para-hydroxylation sites is 1. The Morgan fingerprint density at radius 1 is 1.17 bits per heavy atom. The van der Waals surface area contributed by atoms with E-state index in [1.807, 2.05) is 0 Å². The van der Waals surface area contributed by atoms with Crippen LogP contribution in [0.2, 0.25) is 0 Å². The SMILES string of the molecule is CC(=O)N(c1nc(C)cc(C)n1)c1cccc2c1OC(F)(F)O2. The molecule has 1 aliphatic rings. The smallest absolute Gasteiger partial charge is 0.395 e. The van der Waals surface area contributed by atoms with Crippen molar-refractivity contribution in [2.24, 2.45) is 0 Å². The molecule has 3 rings (SSSR count). The number of hydrogen-bond donors (Lipinski definition) is 0. The molecule has 0 atom stereocenters. The molecular weight excluding hydrogens is 308 g/mol. The van der Waals surface area contributed by atoms with Crippen molar-refractivity contribution in [1.82, 2.24) is 9.97 Å². The van der Waals surface area contributed by atoms with Crippen LogP contribution in [0.4, 0.5) is 20.4 Å². The Balaban J connectivity index is 2.15. The van der Waals surface area contributed by atoms with Crippen molar-refractivity contribution in [3.8, 4) is 11.5 Å². The molecule has 0 aliphatic carbocycles. The molecule has 8 heteroatoms. The van der Waals surface area contributed by atoms with Gasteiger partial charge in [-0.05, 0) is 32.0 Å². The molecule has 0 saturated carbocycles. The van der Waals surface area contributed by atoms with Crippen LogP contribution in [0.5, 0.6) is 11.5 Å². The summed E-state index contributed by atoms with van der Waals surface area (Å²) in [7, 11) is 0. The number of rotatable bonds is 2. The lowest BCUT2D eigenvalue weighted by molar-refractivity contribution is -0.286. The van der Waals surface area contributed by atoms with Crippen LogP contribution in [-0.2, 0) is 4.79 Å². The third-order valence-electron chi connectivity index (χ3n) is 3.13. The minimum atomic E-state index is -3.77. The second kappa shape index (κ2) is 5.15. The van der Waals surface area contributed by atoms with Crippen LogP contribution in [0.25, 0.3) is 0 Å².